The predicted octanol–water partition coefficient (Wildman–Crippen LogP) is 3.87. The van der Waals surface area contributed by atoms with Crippen molar-refractivity contribution in [3.05, 3.63) is 46.5 Å². The zero-order valence-electron chi connectivity index (χ0n) is 14.5. The molecule has 0 heterocycles. The quantitative estimate of drug-likeness (QED) is 0.388. The van der Waals surface area contributed by atoms with Gasteiger partial charge in [0.2, 0.25) is 0 Å². The Morgan fingerprint density at radius 1 is 1.37 bits per heavy atom. The number of benzene rings is 2. The summed E-state index contributed by atoms with van der Waals surface area (Å²) >= 11 is 5.87. The maximum absolute atomic E-state index is 12.7. The zero-order valence-corrected chi connectivity index (χ0v) is 15.3. The molecule has 0 spiro atoms. The lowest BCUT2D eigenvalue weighted by molar-refractivity contribution is -0.0507. The van der Waals surface area contributed by atoms with Crippen LogP contribution in [-0.2, 0) is 6.61 Å². The maximum atomic E-state index is 12.7. The summed E-state index contributed by atoms with van der Waals surface area (Å²) in [6.07, 6.45) is 0. The van der Waals surface area contributed by atoms with Gasteiger partial charge in [-0.3, -0.25) is 5.01 Å². The minimum atomic E-state index is -3.06. The standard InChI is InChI=1S/C17H18ClF2N3O4/c1-9-6-13(24)11(18)7-15(9)26-8-10-12(22-17(25)23(2)21)4-3-5-14(10)27-16(19)20/h3-7,16,24H,8,21H2,1-2H3,(H,22,25). The van der Waals surface area contributed by atoms with Crippen LogP contribution in [0.1, 0.15) is 11.1 Å². The summed E-state index contributed by atoms with van der Waals surface area (Å²) in [5.74, 6) is 5.43. The molecule has 0 saturated heterocycles. The third-order valence-corrected chi connectivity index (χ3v) is 3.83. The highest BCUT2D eigenvalue weighted by atomic mass is 35.5. The smallest absolute Gasteiger partial charge is 0.387 e. The molecule has 146 valence electrons. The van der Waals surface area contributed by atoms with Gasteiger partial charge >= 0.3 is 12.6 Å². The lowest BCUT2D eigenvalue weighted by atomic mass is 10.1. The van der Waals surface area contributed by atoms with Crippen molar-refractivity contribution in [2.24, 2.45) is 5.84 Å². The molecule has 2 aromatic rings. The van der Waals surface area contributed by atoms with Crippen LogP contribution in [0.2, 0.25) is 5.02 Å². The number of amides is 2. The van der Waals surface area contributed by atoms with Crippen LogP contribution >= 0.6 is 11.6 Å². The van der Waals surface area contributed by atoms with Crippen molar-refractivity contribution in [3.63, 3.8) is 0 Å². The Morgan fingerprint density at radius 3 is 2.70 bits per heavy atom. The first kappa shape index (κ1) is 20.5. The Morgan fingerprint density at radius 2 is 2.07 bits per heavy atom. The lowest BCUT2D eigenvalue weighted by Gasteiger charge is -2.19. The van der Waals surface area contributed by atoms with E-state index in [9.17, 15) is 18.7 Å². The van der Waals surface area contributed by atoms with Gasteiger partial charge in [0.15, 0.2) is 0 Å². The Bertz CT molecular complexity index is 834. The van der Waals surface area contributed by atoms with Gasteiger partial charge in [0.25, 0.3) is 0 Å². The molecule has 4 N–H and O–H groups in total. The van der Waals surface area contributed by atoms with Crippen LogP contribution in [0.15, 0.2) is 30.3 Å². The first-order chi connectivity index (χ1) is 12.7. The Labute approximate surface area is 159 Å². The summed E-state index contributed by atoms with van der Waals surface area (Å²) in [6.45, 7) is -1.59. The number of halogens is 3. The van der Waals surface area contributed by atoms with Gasteiger partial charge in [-0.05, 0) is 30.7 Å². The topological polar surface area (TPSA) is 97.1 Å². The lowest BCUT2D eigenvalue weighted by Crippen LogP contribution is -2.37. The summed E-state index contributed by atoms with van der Waals surface area (Å²) in [6, 6.07) is 6.41. The molecule has 0 atom stereocenters. The summed E-state index contributed by atoms with van der Waals surface area (Å²) in [5, 5.41) is 13.0. The molecule has 0 unspecified atom stereocenters. The van der Waals surface area contributed by atoms with Gasteiger partial charge in [0.1, 0.15) is 23.9 Å². The van der Waals surface area contributed by atoms with Gasteiger partial charge in [-0.25, -0.2) is 10.6 Å². The van der Waals surface area contributed by atoms with E-state index in [1.54, 1.807) is 6.92 Å². The molecule has 0 fully saturated rings. The number of phenols is 1. The molecule has 2 rings (SSSR count). The Balaban J connectivity index is 2.34. The van der Waals surface area contributed by atoms with Crippen LogP contribution in [0.5, 0.6) is 17.2 Å². The van der Waals surface area contributed by atoms with Gasteiger partial charge in [-0.2, -0.15) is 8.78 Å². The van der Waals surface area contributed by atoms with E-state index in [4.69, 9.17) is 22.2 Å². The Hall–Kier alpha value is -2.78. The zero-order chi connectivity index (χ0) is 20.1. The van der Waals surface area contributed by atoms with Crippen molar-refractivity contribution >= 4 is 23.3 Å². The molecule has 0 aliphatic carbocycles. The molecule has 0 aliphatic heterocycles. The number of nitrogens with one attached hydrogen (secondary N) is 1. The van der Waals surface area contributed by atoms with E-state index in [0.717, 1.165) is 5.01 Å². The molecule has 2 aromatic carbocycles. The predicted molar refractivity (Wildman–Crippen MR) is 96.2 cm³/mol. The van der Waals surface area contributed by atoms with E-state index in [-0.39, 0.29) is 34.4 Å². The number of hydrazine groups is 1. The number of urea groups is 1. The number of aromatic hydroxyl groups is 1. The molecular formula is C17H18ClF2N3O4. The van der Waals surface area contributed by atoms with Crippen molar-refractivity contribution in [1.29, 1.82) is 0 Å². The van der Waals surface area contributed by atoms with Crippen LogP contribution in [0.25, 0.3) is 0 Å². The molecule has 0 aliphatic rings. The fourth-order valence-electron chi connectivity index (χ4n) is 2.19. The summed E-state index contributed by atoms with van der Waals surface area (Å²) < 4.78 is 35.6. The highest BCUT2D eigenvalue weighted by Gasteiger charge is 2.17. The first-order valence-corrected chi connectivity index (χ1v) is 8.05. The number of nitrogens with zero attached hydrogens (tertiary/aromatic N) is 1. The van der Waals surface area contributed by atoms with Crippen LogP contribution in [-0.4, -0.2) is 29.8 Å². The number of ether oxygens (including phenoxy) is 2. The van der Waals surface area contributed by atoms with Crippen LogP contribution < -0.4 is 20.6 Å². The van der Waals surface area contributed by atoms with Crippen molar-refractivity contribution in [3.8, 4) is 17.2 Å². The number of anilines is 1. The number of phenolic OH excluding ortho intramolecular Hbond substituents is 1. The van der Waals surface area contributed by atoms with Crippen LogP contribution in [0.3, 0.4) is 0 Å². The van der Waals surface area contributed by atoms with Crippen molar-refractivity contribution < 1.29 is 28.2 Å². The van der Waals surface area contributed by atoms with Gasteiger partial charge in [-0.1, -0.05) is 17.7 Å². The number of rotatable bonds is 6. The monoisotopic (exact) mass is 401 g/mol. The van der Waals surface area contributed by atoms with E-state index in [0.29, 0.717) is 11.3 Å². The van der Waals surface area contributed by atoms with Gasteiger partial charge in [0, 0.05) is 13.1 Å². The summed E-state index contributed by atoms with van der Waals surface area (Å²) in [7, 11) is 1.33. The second-order valence-electron chi connectivity index (χ2n) is 5.56. The van der Waals surface area contributed by atoms with E-state index < -0.39 is 12.6 Å². The van der Waals surface area contributed by atoms with E-state index in [2.05, 4.69) is 10.1 Å². The first-order valence-electron chi connectivity index (χ1n) is 7.67. The third kappa shape index (κ3) is 5.35. The van der Waals surface area contributed by atoms with E-state index >= 15 is 0 Å². The maximum Gasteiger partial charge on any atom is 0.387 e. The minimum absolute atomic E-state index is 0.0750. The minimum Gasteiger partial charge on any atom is -0.506 e. The molecule has 0 radical (unpaired) electrons. The van der Waals surface area contributed by atoms with Gasteiger partial charge < -0.3 is 19.9 Å². The average molecular weight is 402 g/mol. The second kappa shape index (κ2) is 8.74. The molecule has 10 heteroatoms. The highest BCUT2D eigenvalue weighted by Crippen LogP contribution is 2.34. The molecular weight excluding hydrogens is 384 g/mol. The Kier molecular flexibility index (Phi) is 6.65. The normalized spacial score (nSPS) is 10.6. The summed E-state index contributed by atoms with van der Waals surface area (Å²) in [4.78, 5) is 11.8. The van der Waals surface area contributed by atoms with Crippen LogP contribution in [0.4, 0.5) is 19.3 Å². The molecule has 27 heavy (non-hydrogen) atoms. The largest absolute Gasteiger partial charge is 0.506 e. The number of carbonyl (C=O) groups is 1. The number of alkyl halides is 2. The average Bonchev–Trinajstić information content (AvgIpc) is 2.57. The fraction of sp³-hybridized carbons (Fsp3) is 0.235. The third-order valence-electron chi connectivity index (χ3n) is 3.53. The van der Waals surface area contributed by atoms with Crippen LogP contribution in [0, 0.1) is 6.92 Å². The molecule has 7 nitrogen and oxygen atoms in total. The molecule has 0 saturated carbocycles. The molecule has 2 amide bonds. The van der Waals surface area contributed by atoms with Gasteiger partial charge in [-0.15, -0.1) is 0 Å². The molecule has 0 aromatic heterocycles. The molecule has 0 bridgehead atoms. The van der Waals surface area contributed by atoms with Crippen molar-refractivity contribution in [2.75, 3.05) is 12.4 Å². The van der Waals surface area contributed by atoms with E-state index in [1.165, 1.54) is 37.4 Å². The number of hydrogen-bond acceptors (Lipinski definition) is 5. The fourth-order valence-corrected chi connectivity index (χ4v) is 2.35. The van der Waals surface area contributed by atoms with Crippen molar-refractivity contribution in [2.45, 2.75) is 20.1 Å². The number of nitrogens with two attached hydrogens (primary N) is 1. The van der Waals surface area contributed by atoms with Crippen molar-refractivity contribution in [1.82, 2.24) is 5.01 Å². The summed E-state index contributed by atoms with van der Waals surface area (Å²) in [5.41, 5.74) is 0.950. The number of hydrogen-bond donors (Lipinski definition) is 3. The SMILES string of the molecule is Cc1cc(O)c(Cl)cc1OCc1c(NC(=O)N(C)N)cccc1OC(F)F. The van der Waals surface area contributed by atoms with E-state index in [1.807, 2.05) is 0 Å². The second-order valence-corrected chi connectivity index (χ2v) is 5.97. The number of aryl methyl sites for hydroxylation is 1. The van der Waals surface area contributed by atoms with Gasteiger partial charge in [0.05, 0.1) is 16.3 Å². The highest BCUT2D eigenvalue weighted by molar-refractivity contribution is 6.32. The number of carbonyl (C=O) groups excluding carboxylic acids is 1.